The minimum Gasteiger partial charge on any atom is -0.477 e. The Balaban J connectivity index is 2.52. The predicted molar refractivity (Wildman–Crippen MR) is 52.6 cm³/mol. The fourth-order valence-electron chi connectivity index (χ4n) is 0.851. The molecular formula is C8H10N2O3S. The number of amides is 2. The summed E-state index contributed by atoms with van der Waals surface area (Å²) in [4.78, 5) is 21.6. The number of aromatic carboxylic acids is 1. The van der Waals surface area contributed by atoms with Crippen LogP contribution in [0.25, 0.3) is 0 Å². The highest BCUT2D eigenvalue weighted by atomic mass is 32.1. The maximum absolute atomic E-state index is 10.8. The molecule has 0 unspecified atom stereocenters. The first-order valence-electron chi connectivity index (χ1n) is 3.89. The Morgan fingerprint density at radius 2 is 2.29 bits per heavy atom. The van der Waals surface area contributed by atoms with Crippen LogP contribution in [-0.4, -0.2) is 24.2 Å². The van der Waals surface area contributed by atoms with Crippen LogP contribution in [0.15, 0.2) is 11.4 Å². The number of carboxylic acids is 1. The van der Waals surface area contributed by atoms with Crippen LogP contribution in [0.3, 0.4) is 0 Å². The van der Waals surface area contributed by atoms with Crippen LogP contribution < -0.4 is 10.6 Å². The molecule has 1 aromatic heterocycles. The molecule has 0 aliphatic carbocycles. The van der Waals surface area contributed by atoms with Gasteiger partial charge >= 0.3 is 12.0 Å². The third kappa shape index (κ3) is 2.74. The normalized spacial score (nSPS) is 9.50. The zero-order valence-electron chi connectivity index (χ0n) is 7.53. The highest BCUT2D eigenvalue weighted by molar-refractivity contribution is 7.12. The average molecular weight is 214 g/mol. The summed E-state index contributed by atoms with van der Waals surface area (Å²) in [6.45, 7) is 0.337. The van der Waals surface area contributed by atoms with Crippen molar-refractivity contribution in [1.82, 2.24) is 10.6 Å². The molecule has 0 aliphatic heterocycles. The van der Waals surface area contributed by atoms with Crippen LogP contribution in [0, 0.1) is 0 Å². The van der Waals surface area contributed by atoms with E-state index < -0.39 is 5.97 Å². The van der Waals surface area contributed by atoms with Gasteiger partial charge in [-0.1, -0.05) is 0 Å². The quantitative estimate of drug-likeness (QED) is 0.698. The monoisotopic (exact) mass is 214 g/mol. The molecule has 0 saturated carbocycles. The van der Waals surface area contributed by atoms with E-state index in [1.807, 2.05) is 0 Å². The number of hydrogen-bond acceptors (Lipinski definition) is 3. The zero-order valence-corrected chi connectivity index (χ0v) is 8.35. The molecule has 76 valence electrons. The molecule has 0 bridgehead atoms. The predicted octanol–water partition coefficient (Wildman–Crippen LogP) is 0.875. The van der Waals surface area contributed by atoms with E-state index in [0.29, 0.717) is 6.54 Å². The van der Waals surface area contributed by atoms with Crippen molar-refractivity contribution in [3.05, 3.63) is 21.9 Å². The third-order valence-corrected chi connectivity index (χ3v) is 2.51. The first kappa shape index (κ1) is 10.5. The molecule has 6 heteroatoms. The van der Waals surface area contributed by atoms with Crippen molar-refractivity contribution in [3.8, 4) is 0 Å². The van der Waals surface area contributed by atoms with Crippen molar-refractivity contribution in [2.75, 3.05) is 7.05 Å². The van der Waals surface area contributed by atoms with Crippen molar-refractivity contribution in [2.45, 2.75) is 6.54 Å². The maximum atomic E-state index is 10.8. The summed E-state index contributed by atoms with van der Waals surface area (Å²) in [6.07, 6.45) is 0. The Bertz CT molecular complexity index is 348. The van der Waals surface area contributed by atoms with Crippen LogP contribution in [0.2, 0.25) is 0 Å². The summed E-state index contributed by atoms with van der Waals surface area (Å²) < 4.78 is 0. The van der Waals surface area contributed by atoms with Crippen molar-refractivity contribution >= 4 is 23.3 Å². The van der Waals surface area contributed by atoms with Crippen LogP contribution in [0.4, 0.5) is 4.79 Å². The topological polar surface area (TPSA) is 78.4 Å². The second kappa shape index (κ2) is 4.61. The standard InChI is InChI=1S/C8H10N2O3S/c1-9-8(13)10-3-5-2-6(7(11)12)14-4-5/h2,4H,3H2,1H3,(H,11,12)(H2,9,10,13). The average Bonchev–Trinajstić information content (AvgIpc) is 2.62. The van der Waals surface area contributed by atoms with Crippen molar-refractivity contribution in [2.24, 2.45) is 0 Å². The van der Waals surface area contributed by atoms with Crippen molar-refractivity contribution in [1.29, 1.82) is 0 Å². The molecule has 1 rings (SSSR count). The molecule has 0 aromatic carbocycles. The summed E-state index contributed by atoms with van der Waals surface area (Å²) in [6, 6.07) is 1.26. The summed E-state index contributed by atoms with van der Waals surface area (Å²) in [5.41, 5.74) is 0.788. The van der Waals surface area contributed by atoms with Gasteiger partial charge in [0.1, 0.15) is 4.88 Å². The van der Waals surface area contributed by atoms with Crippen LogP contribution >= 0.6 is 11.3 Å². The molecule has 1 heterocycles. The Labute approximate surface area is 84.7 Å². The largest absolute Gasteiger partial charge is 0.477 e. The third-order valence-electron chi connectivity index (χ3n) is 1.54. The second-order valence-electron chi connectivity index (χ2n) is 2.56. The number of rotatable bonds is 3. The van der Waals surface area contributed by atoms with Gasteiger partial charge in [-0.15, -0.1) is 11.3 Å². The van der Waals surface area contributed by atoms with Gasteiger partial charge in [0.25, 0.3) is 0 Å². The van der Waals surface area contributed by atoms with Gasteiger partial charge < -0.3 is 15.7 Å². The van der Waals surface area contributed by atoms with Gasteiger partial charge in [0, 0.05) is 13.6 Å². The minimum absolute atomic E-state index is 0.277. The molecule has 0 atom stereocenters. The van der Waals surface area contributed by atoms with Gasteiger partial charge in [0.05, 0.1) is 0 Å². The molecular weight excluding hydrogens is 204 g/mol. The van der Waals surface area contributed by atoms with Gasteiger partial charge in [-0.3, -0.25) is 0 Å². The van der Waals surface area contributed by atoms with E-state index in [9.17, 15) is 9.59 Å². The fourth-order valence-corrected chi connectivity index (χ4v) is 1.60. The van der Waals surface area contributed by atoms with Gasteiger partial charge in [-0.2, -0.15) is 0 Å². The summed E-state index contributed by atoms with van der Waals surface area (Å²) in [5, 5.41) is 15.3. The van der Waals surface area contributed by atoms with Crippen LogP contribution in [-0.2, 0) is 6.54 Å². The van der Waals surface area contributed by atoms with E-state index in [1.165, 1.54) is 7.05 Å². The Kier molecular flexibility index (Phi) is 3.47. The van der Waals surface area contributed by atoms with Gasteiger partial charge in [0.2, 0.25) is 0 Å². The fraction of sp³-hybridized carbons (Fsp3) is 0.250. The lowest BCUT2D eigenvalue weighted by Gasteiger charge is -2.00. The molecule has 0 spiro atoms. The molecule has 0 fully saturated rings. The molecule has 0 aliphatic rings. The summed E-state index contributed by atoms with van der Waals surface area (Å²) in [7, 11) is 1.52. The molecule has 5 nitrogen and oxygen atoms in total. The van der Waals surface area contributed by atoms with E-state index >= 15 is 0 Å². The number of carboxylic acid groups (broad SMARTS) is 1. The van der Waals surface area contributed by atoms with Crippen LogP contribution in [0.5, 0.6) is 0 Å². The molecule has 0 radical (unpaired) electrons. The number of thiophene rings is 1. The van der Waals surface area contributed by atoms with E-state index in [4.69, 9.17) is 5.11 Å². The number of carbonyl (C=O) groups is 2. The van der Waals surface area contributed by atoms with Gasteiger partial charge in [-0.05, 0) is 17.0 Å². The molecule has 14 heavy (non-hydrogen) atoms. The van der Waals surface area contributed by atoms with E-state index in [0.717, 1.165) is 16.9 Å². The van der Waals surface area contributed by atoms with Gasteiger partial charge in [-0.25, -0.2) is 9.59 Å². The molecule has 1 aromatic rings. The lowest BCUT2D eigenvalue weighted by atomic mass is 10.3. The zero-order chi connectivity index (χ0) is 10.6. The van der Waals surface area contributed by atoms with Gasteiger partial charge in [0.15, 0.2) is 0 Å². The first-order valence-corrected chi connectivity index (χ1v) is 4.77. The number of nitrogens with one attached hydrogen (secondary N) is 2. The summed E-state index contributed by atoms with van der Waals surface area (Å²) in [5.74, 6) is -0.943. The summed E-state index contributed by atoms with van der Waals surface area (Å²) >= 11 is 1.15. The van der Waals surface area contributed by atoms with E-state index in [2.05, 4.69) is 10.6 Å². The first-order chi connectivity index (χ1) is 6.63. The Morgan fingerprint density at radius 3 is 2.79 bits per heavy atom. The van der Waals surface area contributed by atoms with E-state index in [-0.39, 0.29) is 10.9 Å². The Hall–Kier alpha value is -1.56. The smallest absolute Gasteiger partial charge is 0.345 e. The number of urea groups is 1. The van der Waals surface area contributed by atoms with Crippen molar-refractivity contribution in [3.63, 3.8) is 0 Å². The second-order valence-corrected chi connectivity index (χ2v) is 3.47. The molecule has 0 saturated heterocycles. The SMILES string of the molecule is CNC(=O)NCc1csc(C(=O)O)c1. The number of hydrogen-bond donors (Lipinski definition) is 3. The lowest BCUT2D eigenvalue weighted by molar-refractivity contribution is 0.0702. The Morgan fingerprint density at radius 1 is 1.57 bits per heavy atom. The lowest BCUT2D eigenvalue weighted by Crippen LogP contribution is -2.31. The maximum Gasteiger partial charge on any atom is 0.345 e. The number of carbonyl (C=O) groups excluding carboxylic acids is 1. The minimum atomic E-state index is -0.943. The van der Waals surface area contributed by atoms with Crippen LogP contribution in [0.1, 0.15) is 15.2 Å². The van der Waals surface area contributed by atoms with E-state index in [1.54, 1.807) is 11.4 Å². The molecule has 2 amide bonds. The highest BCUT2D eigenvalue weighted by Gasteiger charge is 2.06. The molecule has 3 N–H and O–H groups in total. The van der Waals surface area contributed by atoms with Crippen molar-refractivity contribution < 1.29 is 14.7 Å². The highest BCUT2D eigenvalue weighted by Crippen LogP contribution is 2.14.